The van der Waals surface area contributed by atoms with E-state index in [1.54, 1.807) is 23.1 Å². The van der Waals surface area contributed by atoms with Crippen molar-refractivity contribution in [1.29, 1.82) is 0 Å². The van der Waals surface area contributed by atoms with Crippen LogP contribution in [0.1, 0.15) is 49.3 Å². The van der Waals surface area contributed by atoms with Crippen molar-refractivity contribution in [2.75, 3.05) is 49.6 Å². The smallest absolute Gasteiger partial charge is 0.250 e. The minimum atomic E-state index is -1.13. The molecule has 0 spiro atoms. The molecule has 2 aliphatic heterocycles. The number of benzene rings is 3. The average Bonchev–Trinajstić information content (AvgIpc) is 3.45. The van der Waals surface area contributed by atoms with Crippen molar-refractivity contribution in [1.82, 2.24) is 15.1 Å². The molecule has 6 rings (SSSR count). The predicted molar refractivity (Wildman–Crippen MR) is 177 cm³/mol. The molecule has 1 unspecified atom stereocenters. The summed E-state index contributed by atoms with van der Waals surface area (Å²) in [5.41, 5.74) is 2.07. The molecule has 3 aliphatic rings. The zero-order valence-corrected chi connectivity index (χ0v) is 26.2. The Morgan fingerprint density at radius 2 is 1.64 bits per heavy atom. The van der Waals surface area contributed by atoms with Gasteiger partial charge in [0.15, 0.2) is 5.11 Å². The normalized spacial score (nSPS) is 19.6. The second-order valence-corrected chi connectivity index (χ2v) is 12.4. The van der Waals surface area contributed by atoms with Gasteiger partial charge in [-0.2, -0.15) is 0 Å². The number of hydrogen-bond donors (Lipinski definition) is 2. The van der Waals surface area contributed by atoms with Crippen LogP contribution in [0.2, 0.25) is 0 Å². The second-order valence-electron chi connectivity index (χ2n) is 12.1. The van der Waals surface area contributed by atoms with Crippen LogP contribution in [0.15, 0.2) is 78.9 Å². The van der Waals surface area contributed by atoms with Crippen molar-refractivity contribution in [2.45, 2.75) is 50.2 Å². The number of ether oxygens (including phenoxy) is 1. The van der Waals surface area contributed by atoms with Gasteiger partial charge in [-0.25, -0.2) is 4.39 Å². The highest BCUT2D eigenvalue weighted by Gasteiger charge is 2.47. The molecular formula is C35H40FN5O3S. The molecule has 2 heterocycles. The molecular weight excluding hydrogens is 589 g/mol. The second kappa shape index (κ2) is 14.0. The first kappa shape index (κ1) is 31.0. The number of rotatable bonds is 9. The molecule has 1 saturated carbocycles. The monoisotopic (exact) mass is 629 g/mol. The maximum Gasteiger partial charge on any atom is 0.250 e. The Morgan fingerprint density at radius 1 is 0.956 bits per heavy atom. The number of amides is 2. The van der Waals surface area contributed by atoms with E-state index in [1.165, 1.54) is 6.07 Å². The summed E-state index contributed by atoms with van der Waals surface area (Å²) in [6.45, 7) is 3.54. The van der Waals surface area contributed by atoms with E-state index in [4.69, 9.17) is 17.0 Å². The number of thiocarbonyl (C=S) groups is 1. The number of morpholine rings is 1. The molecule has 3 aromatic carbocycles. The van der Waals surface area contributed by atoms with Gasteiger partial charge in [0.2, 0.25) is 11.8 Å². The van der Waals surface area contributed by atoms with Crippen molar-refractivity contribution in [2.24, 2.45) is 0 Å². The van der Waals surface area contributed by atoms with E-state index in [9.17, 15) is 9.59 Å². The SMILES string of the molecule is O=C(CN1CC(c2ccccc2)NC1=S)N(Cc1ccccc1F)C1(C(=O)Nc2ccc(N3CCOCC3)cc2)CCCCC1. The average molecular weight is 630 g/mol. The summed E-state index contributed by atoms with van der Waals surface area (Å²) in [7, 11) is 0. The highest BCUT2D eigenvalue weighted by atomic mass is 32.1. The van der Waals surface area contributed by atoms with E-state index in [2.05, 4.69) is 15.5 Å². The lowest BCUT2D eigenvalue weighted by Crippen LogP contribution is -2.61. The number of hydrogen-bond acceptors (Lipinski definition) is 5. The van der Waals surface area contributed by atoms with Crippen LogP contribution in [-0.4, -0.2) is 71.7 Å². The number of carbonyl (C=O) groups is 2. The summed E-state index contributed by atoms with van der Waals surface area (Å²) in [6.07, 6.45) is 3.57. The molecule has 1 atom stereocenters. The standard InChI is InChI=1S/C35H40FN5O3S/c36-30-12-6-5-11-27(30)23-41(32(42)25-40-24-31(38-34(40)45)26-9-3-1-4-10-26)35(17-7-2-8-18-35)33(43)37-28-13-15-29(16-14-28)39-19-21-44-22-20-39/h1,3-6,9-16,31H,2,7-8,17-25H2,(H,37,43)(H,38,45). The first-order valence-electron chi connectivity index (χ1n) is 15.8. The number of halogens is 1. The van der Waals surface area contributed by atoms with E-state index < -0.39 is 11.4 Å². The van der Waals surface area contributed by atoms with Gasteiger partial charge in [-0.1, -0.05) is 67.8 Å². The molecule has 8 nitrogen and oxygen atoms in total. The number of anilines is 2. The minimum absolute atomic E-state index is 0.00705. The summed E-state index contributed by atoms with van der Waals surface area (Å²) >= 11 is 5.65. The molecule has 3 aromatic rings. The van der Waals surface area contributed by atoms with Crippen LogP contribution >= 0.6 is 12.2 Å². The first-order chi connectivity index (χ1) is 21.9. The minimum Gasteiger partial charge on any atom is -0.378 e. The van der Waals surface area contributed by atoms with E-state index in [0.717, 1.165) is 43.6 Å². The molecule has 0 radical (unpaired) electrons. The molecule has 0 aromatic heterocycles. The molecule has 1 aliphatic carbocycles. The van der Waals surface area contributed by atoms with Crippen LogP contribution in [0.3, 0.4) is 0 Å². The van der Waals surface area contributed by atoms with Crippen LogP contribution in [-0.2, 0) is 20.9 Å². The Morgan fingerprint density at radius 3 is 2.36 bits per heavy atom. The third-order valence-electron chi connectivity index (χ3n) is 9.22. The zero-order valence-electron chi connectivity index (χ0n) is 25.4. The van der Waals surface area contributed by atoms with Crippen molar-refractivity contribution in [3.63, 3.8) is 0 Å². The Balaban J connectivity index is 1.26. The topological polar surface area (TPSA) is 77.2 Å². The van der Waals surface area contributed by atoms with Gasteiger partial charge in [0.1, 0.15) is 11.4 Å². The van der Waals surface area contributed by atoms with Gasteiger partial charge in [-0.3, -0.25) is 9.59 Å². The van der Waals surface area contributed by atoms with Gasteiger partial charge in [-0.05, 0) is 61.0 Å². The summed E-state index contributed by atoms with van der Waals surface area (Å²) in [4.78, 5) is 34.5. The van der Waals surface area contributed by atoms with Crippen LogP contribution in [0.25, 0.3) is 0 Å². The lowest BCUT2D eigenvalue weighted by Gasteiger charge is -2.45. The van der Waals surface area contributed by atoms with Crippen LogP contribution < -0.4 is 15.5 Å². The predicted octanol–water partition coefficient (Wildman–Crippen LogP) is 5.26. The molecule has 10 heteroatoms. The largest absolute Gasteiger partial charge is 0.378 e. The fourth-order valence-electron chi connectivity index (χ4n) is 6.70. The number of carbonyl (C=O) groups excluding carboxylic acids is 2. The van der Waals surface area contributed by atoms with Crippen molar-refractivity contribution in [3.05, 3.63) is 95.8 Å². The fraction of sp³-hybridized carbons (Fsp3) is 0.400. The lowest BCUT2D eigenvalue weighted by atomic mass is 9.78. The fourth-order valence-corrected chi connectivity index (χ4v) is 6.99. The summed E-state index contributed by atoms with van der Waals surface area (Å²) < 4.78 is 20.5. The quantitative estimate of drug-likeness (QED) is 0.313. The Bertz CT molecular complexity index is 1490. The number of nitrogens with zero attached hydrogens (tertiary/aromatic N) is 3. The van der Waals surface area contributed by atoms with Gasteiger partial charge in [0.05, 0.1) is 25.8 Å². The summed E-state index contributed by atoms with van der Waals surface area (Å²) in [5, 5.41) is 6.95. The maximum atomic E-state index is 15.1. The Labute approximate surface area is 269 Å². The van der Waals surface area contributed by atoms with Crippen molar-refractivity contribution in [3.8, 4) is 0 Å². The Hall–Kier alpha value is -4.02. The van der Waals surface area contributed by atoms with Gasteiger partial charge < -0.3 is 30.1 Å². The van der Waals surface area contributed by atoms with E-state index >= 15 is 4.39 Å². The number of nitrogens with one attached hydrogen (secondary N) is 2. The molecule has 2 saturated heterocycles. The van der Waals surface area contributed by atoms with E-state index in [1.807, 2.05) is 59.5 Å². The highest BCUT2D eigenvalue weighted by molar-refractivity contribution is 7.80. The zero-order chi connectivity index (χ0) is 31.2. The molecule has 45 heavy (non-hydrogen) atoms. The van der Waals surface area contributed by atoms with Crippen LogP contribution in [0.5, 0.6) is 0 Å². The van der Waals surface area contributed by atoms with Gasteiger partial charge in [0.25, 0.3) is 0 Å². The third-order valence-corrected chi connectivity index (χ3v) is 9.60. The van der Waals surface area contributed by atoms with Gasteiger partial charge in [0, 0.05) is 43.1 Å². The van der Waals surface area contributed by atoms with Crippen LogP contribution in [0.4, 0.5) is 15.8 Å². The first-order valence-corrected chi connectivity index (χ1v) is 16.2. The molecule has 236 valence electrons. The summed E-state index contributed by atoms with van der Waals surface area (Å²) in [6, 6.07) is 24.2. The van der Waals surface area contributed by atoms with Crippen molar-refractivity contribution >= 4 is 40.5 Å². The Kier molecular flexibility index (Phi) is 9.61. The molecule has 2 amide bonds. The van der Waals surface area contributed by atoms with Crippen molar-refractivity contribution < 1.29 is 18.7 Å². The molecule has 0 bridgehead atoms. The third kappa shape index (κ3) is 6.97. The van der Waals surface area contributed by atoms with E-state index in [-0.39, 0.29) is 30.9 Å². The van der Waals surface area contributed by atoms with Gasteiger partial charge >= 0.3 is 0 Å². The summed E-state index contributed by atoms with van der Waals surface area (Å²) in [5.74, 6) is -0.894. The molecule has 2 N–H and O–H groups in total. The maximum absolute atomic E-state index is 15.1. The van der Waals surface area contributed by atoms with Crippen LogP contribution in [0, 0.1) is 5.82 Å². The molecule has 3 fully saturated rings. The van der Waals surface area contributed by atoms with Gasteiger partial charge in [-0.15, -0.1) is 0 Å². The van der Waals surface area contributed by atoms with E-state index in [0.29, 0.717) is 49.0 Å². The highest BCUT2D eigenvalue weighted by Crippen LogP contribution is 2.37. The lowest BCUT2D eigenvalue weighted by molar-refractivity contribution is -0.149.